The molecule has 1 aromatic carbocycles. The molecule has 0 spiro atoms. The number of carbonyl (C=O) groups is 2. The third-order valence-electron chi connectivity index (χ3n) is 3.79. The van der Waals surface area contributed by atoms with E-state index in [1.165, 1.54) is 11.8 Å². The molecular formula is C15H17ClO3S. The fourth-order valence-electron chi connectivity index (χ4n) is 2.70. The minimum atomic E-state index is -0.850. The van der Waals surface area contributed by atoms with E-state index >= 15 is 0 Å². The van der Waals surface area contributed by atoms with Crippen molar-refractivity contribution >= 4 is 35.1 Å². The number of benzene rings is 1. The van der Waals surface area contributed by atoms with Crippen LogP contribution in [0.1, 0.15) is 37.2 Å². The van der Waals surface area contributed by atoms with E-state index in [2.05, 4.69) is 0 Å². The molecule has 0 amide bonds. The van der Waals surface area contributed by atoms with E-state index in [0.717, 1.165) is 16.9 Å². The van der Waals surface area contributed by atoms with Gasteiger partial charge in [-0.15, -0.1) is 11.8 Å². The highest BCUT2D eigenvalue weighted by Crippen LogP contribution is 2.35. The number of carbonyl (C=O) groups excluding carboxylic acids is 1. The molecule has 0 saturated heterocycles. The van der Waals surface area contributed by atoms with Gasteiger partial charge in [0.25, 0.3) is 0 Å². The summed E-state index contributed by atoms with van der Waals surface area (Å²) in [6.07, 6.45) is 4.35. The van der Waals surface area contributed by atoms with Gasteiger partial charge < -0.3 is 5.11 Å². The molecule has 2 rings (SSSR count). The third-order valence-corrected chi connectivity index (χ3v) is 5.01. The summed E-state index contributed by atoms with van der Waals surface area (Å²) in [4.78, 5) is 23.7. The second-order valence-electron chi connectivity index (χ2n) is 5.17. The number of aliphatic carboxylic acids is 1. The summed E-state index contributed by atoms with van der Waals surface area (Å²) in [6, 6.07) is 5.42. The van der Waals surface area contributed by atoms with Gasteiger partial charge in [0, 0.05) is 17.7 Å². The van der Waals surface area contributed by atoms with Gasteiger partial charge in [-0.05, 0) is 42.7 Å². The lowest BCUT2D eigenvalue weighted by Gasteiger charge is -2.17. The monoisotopic (exact) mass is 312 g/mol. The maximum atomic E-state index is 11.5. The van der Waals surface area contributed by atoms with Gasteiger partial charge in [0.1, 0.15) is 5.78 Å². The number of Topliss-reactive ketones (excluding diaryl/α,β-unsaturated/α-hetero) is 1. The Hall–Kier alpha value is -1.00. The Bertz CT molecular complexity index is 530. The van der Waals surface area contributed by atoms with Gasteiger partial charge in [0.05, 0.1) is 10.9 Å². The van der Waals surface area contributed by atoms with E-state index in [1.54, 1.807) is 6.07 Å². The van der Waals surface area contributed by atoms with E-state index in [9.17, 15) is 14.7 Å². The first kappa shape index (κ1) is 15.4. The Morgan fingerprint density at radius 3 is 2.80 bits per heavy atom. The molecule has 1 aromatic rings. The van der Waals surface area contributed by atoms with Crippen molar-refractivity contribution in [3.63, 3.8) is 0 Å². The molecule has 20 heavy (non-hydrogen) atoms. The quantitative estimate of drug-likeness (QED) is 0.835. The van der Waals surface area contributed by atoms with Crippen LogP contribution < -0.4 is 0 Å². The van der Waals surface area contributed by atoms with Crippen molar-refractivity contribution in [1.29, 1.82) is 0 Å². The normalized spacial score (nSPS) is 20.1. The largest absolute Gasteiger partial charge is 0.481 e. The summed E-state index contributed by atoms with van der Waals surface area (Å²) in [5, 5.41) is 10.0. The Balaban J connectivity index is 2.18. The third kappa shape index (κ3) is 3.55. The molecule has 0 bridgehead atoms. The first-order valence-electron chi connectivity index (χ1n) is 6.59. The van der Waals surface area contributed by atoms with Gasteiger partial charge in [-0.3, -0.25) is 9.59 Å². The standard InChI is InChI=1S/C15H17ClO3S/c1-20-14-5-3-10(8-13(14)16)12(15(18)19)7-9-2-4-11(17)6-9/h3,5,8-9,12H,2,4,6-7H2,1H3,(H,18,19)/t9-,12-/m1/s1. The van der Waals surface area contributed by atoms with E-state index in [-0.39, 0.29) is 11.7 Å². The lowest BCUT2D eigenvalue weighted by atomic mass is 9.88. The highest BCUT2D eigenvalue weighted by atomic mass is 35.5. The van der Waals surface area contributed by atoms with Crippen molar-refractivity contribution in [2.24, 2.45) is 5.92 Å². The Labute approximate surface area is 127 Å². The summed E-state index contributed by atoms with van der Waals surface area (Å²) in [5.74, 6) is -1.01. The molecule has 1 saturated carbocycles. The first-order valence-corrected chi connectivity index (χ1v) is 8.19. The van der Waals surface area contributed by atoms with Crippen LogP contribution in [0, 0.1) is 5.92 Å². The molecule has 0 aliphatic heterocycles. The number of rotatable bonds is 5. The lowest BCUT2D eigenvalue weighted by molar-refractivity contribution is -0.139. The van der Waals surface area contributed by atoms with Crippen molar-refractivity contribution in [1.82, 2.24) is 0 Å². The molecule has 1 fully saturated rings. The minimum Gasteiger partial charge on any atom is -0.481 e. The summed E-state index contributed by atoms with van der Waals surface area (Å²) < 4.78 is 0. The SMILES string of the molecule is CSc1ccc([C@@H](C[C@@H]2CCC(=O)C2)C(=O)O)cc1Cl. The molecule has 3 nitrogen and oxygen atoms in total. The van der Waals surface area contributed by atoms with Gasteiger partial charge in [-0.2, -0.15) is 0 Å². The van der Waals surface area contributed by atoms with Crippen LogP contribution in [0.2, 0.25) is 5.02 Å². The van der Waals surface area contributed by atoms with E-state index < -0.39 is 11.9 Å². The fraction of sp³-hybridized carbons (Fsp3) is 0.467. The topological polar surface area (TPSA) is 54.4 Å². The van der Waals surface area contributed by atoms with Gasteiger partial charge in [-0.1, -0.05) is 17.7 Å². The smallest absolute Gasteiger partial charge is 0.310 e. The fourth-order valence-corrected chi connectivity index (χ4v) is 3.58. The number of carboxylic acids is 1. The van der Waals surface area contributed by atoms with E-state index in [1.807, 2.05) is 18.4 Å². The van der Waals surface area contributed by atoms with Crippen LogP contribution in [0.4, 0.5) is 0 Å². The predicted octanol–water partition coefficient (Wildman–Crippen LogP) is 3.99. The first-order chi connectivity index (χ1) is 9.51. The number of thioether (sulfide) groups is 1. The lowest BCUT2D eigenvalue weighted by Crippen LogP contribution is -2.15. The number of halogens is 1. The molecule has 1 aliphatic rings. The average molecular weight is 313 g/mol. The van der Waals surface area contributed by atoms with Gasteiger partial charge in [-0.25, -0.2) is 0 Å². The van der Waals surface area contributed by atoms with Crippen LogP contribution in [0.15, 0.2) is 23.1 Å². The van der Waals surface area contributed by atoms with Crippen molar-refractivity contribution < 1.29 is 14.7 Å². The van der Waals surface area contributed by atoms with Crippen LogP contribution in [0.3, 0.4) is 0 Å². The second-order valence-corrected chi connectivity index (χ2v) is 6.42. The average Bonchev–Trinajstić information content (AvgIpc) is 2.81. The van der Waals surface area contributed by atoms with Gasteiger partial charge in [0.15, 0.2) is 0 Å². The highest BCUT2D eigenvalue weighted by molar-refractivity contribution is 7.98. The van der Waals surface area contributed by atoms with Gasteiger partial charge in [0.2, 0.25) is 0 Å². The van der Waals surface area contributed by atoms with E-state index in [4.69, 9.17) is 11.6 Å². The molecule has 5 heteroatoms. The molecule has 0 unspecified atom stereocenters. The highest BCUT2D eigenvalue weighted by Gasteiger charge is 2.29. The van der Waals surface area contributed by atoms with Crippen molar-refractivity contribution in [2.45, 2.75) is 36.5 Å². The van der Waals surface area contributed by atoms with Crippen LogP contribution in [0.25, 0.3) is 0 Å². The maximum Gasteiger partial charge on any atom is 0.310 e. The Morgan fingerprint density at radius 1 is 1.55 bits per heavy atom. The van der Waals surface area contributed by atoms with E-state index in [0.29, 0.717) is 24.3 Å². The molecular weight excluding hydrogens is 296 g/mol. The second kappa shape index (κ2) is 6.64. The zero-order valence-electron chi connectivity index (χ0n) is 11.3. The zero-order valence-corrected chi connectivity index (χ0v) is 12.8. The van der Waals surface area contributed by atoms with Crippen LogP contribution >= 0.6 is 23.4 Å². The maximum absolute atomic E-state index is 11.5. The number of ketones is 1. The number of hydrogen-bond donors (Lipinski definition) is 1. The molecule has 2 atom stereocenters. The number of hydrogen-bond acceptors (Lipinski definition) is 3. The van der Waals surface area contributed by atoms with Crippen LogP contribution in [0.5, 0.6) is 0 Å². The number of carboxylic acid groups (broad SMARTS) is 1. The zero-order chi connectivity index (χ0) is 14.7. The van der Waals surface area contributed by atoms with Crippen LogP contribution in [-0.4, -0.2) is 23.1 Å². The Kier molecular flexibility index (Phi) is 5.11. The summed E-state index contributed by atoms with van der Waals surface area (Å²) >= 11 is 7.68. The molecule has 1 N–H and O–H groups in total. The van der Waals surface area contributed by atoms with Crippen molar-refractivity contribution in [2.75, 3.05) is 6.26 Å². The minimum absolute atomic E-state index is 0.183. The summed E-state index contributed by atoms with van der Waals surface area (Å²) in [6.45, 7) is 0. The van der Waals surface area contributed by atoms with Crippen molar-refractivity contribution in [3.05, 3.63) is 28.8 Å². The summed E-state index contributed by atoms with van der Waals surface area (Å²) in [7, 11) is 0. The summed E-state index contributed by atoms with van der Waals surface area (Å²) in [5.41, 5.74) is 0.722. The molecule has 1 aliphatic carbocycles. The Morgan fingerprint density at radius 2 is 2.30 bits per heavy atom. The predicted molar refractivity (Wildman–Crippen MR) is 80.6 cm³/mol. The molecule has 0 aromatic heterocycles. The molecule has 0 radical (unpaired) electrons. The molecule has 108 valence electrons. The molecule has 0 heterocycles. The van der Waals surface area contributed by atoms with Crippen molar-refractivity contribution in [3.8, 4) is 0 Å². The van der Waals surface area contributed by atoms with Gasteiger partial charge >= 0.3 is 5.97 Å². The van der Waals surface area contributed by atoms with Crippen LogP contribution in [-0.2, 0) is 9.59 Å².